The van der Waals surface area contributed by atoms with Gasteiger partial charge in [0.2, 0.25) is 29.4 Å². The van der Waals surface area contributed by atoms with Gasteiger partial charge in [-0.1, -0.05) is 32.4 Å². The zero-order valence-electron chi connectivity index (χ0n) is 36.8. The SMILES string of the molecule is CC[C@H](C)[C@H](NC(=O)CNC(=O)[C@H](CCSC)NC(=O)CCC(=O)O)C(=O)N[C@H]1C[C@H](O[C@H]2C[C@](O)(C(C)=O)Cc3c(O)c4c(c(O)c32)C(=O)c2c(OC)cccc2C4=O)O[C@@H](C)[C@H]1O. The summed E-state index contributed by atoms with van der Waals surface area (Å²) in [5, 5.41) is 65.6. The van der Waals surface area contributed by atoms with E-state index in [0.29, 0.717) is 12.2 Å². The van der Waals surface area contributed by atoms with Crippen molar-refractivity contribution in [2.45, 2.75) is 121 Å². The highest BCUT2D eigenvalue weighted by molar-refractivity contribution is 7.98. The van der Waals surface area contributed by atoms with E-state index in [9.17, 15) is 58.8 Å². The standard InChI is InChI=1S/C44H56N4O16S/c1-7-19(2)36(48-29(51)18-45-42(59)24(13-14-65-6)46-28(50)11-12-30(52)53)43(60)47-25-15-31(63-20(3)37(25)54)64-27-17-44(61,21(4)49)16-23-33(27)41(58)35-34(39(23)56)38(55)22-9-8-10-26(62-5)32(22)40(35)57/h8-10,19-20,24-25,27,31,36-37,54,56,58,61H,7,11-18H2,1-6H3,(H,45,59)(H,46,50)(H,47,60)(H,48,51)(H,52,53)/t19-,20-,24-,25-,27-,31-,36-,37+,44-/m0/s1. The first-order chi connectivity index (χ1) is 30.7. The maximum Gasteiger partial charge on any atom is 0.303 e. The lowest BCUT2D eigenvalue weighted by atomic mass is 9.72. The summed E-state index contributed by atoms with van der Waals surface area (Å²) in [7, 11) is 1.30. The third-order valence-corrected chi connectivity index (χ3v) is 12.8. The third kappa shape index (κ3) is 10.9. The first-order valence-electron chi connectivity index (χ1n) is 21.1. The summed E-state index contributed by atoms with van der Waals surface area (Å²) in [5.41, 5.74) is -3.87. The number of amides is 4. The van der Waals surface area contributed by atoms with E-state index in [0.717, 1.165) is 6.92 Å². The molecule has 1 saturated heterocycles. The number of methoxy groups -OCH3 is 1. The number of benzene rings is 2. The topological polar surface area (TPSA) is 314 Å². The number of hydrogen-bond donors (Lipinski definition) is 9. The number of aliphatic hydroxyl groups is 2. The highest BCUT2D eigenvalue weighted by Gasteiger charge is 2.50. The number of aliphatic carboxylic acids is 1. The Hall–Kier alpha value is -5.61. The van der Waals surface area contributed by atoms with Crippen molar-refractivity contribution in [3.8, 4) is 17.2 Å². The van der Waals surface area contributed by atoms with Crippen LogP contribution in [0.2, 0.25) is 0 Å². The lowest BCUT2D eigenvalue weighted by molar-refractivity contribution is -0.249. The molecule has 2 aromatic carbocycles. The van der Waals surface area contributed by atoms with Crippen LogP contribution in [0.25, 0.3) is 0 Å². The van der Waals surface area contributed by atoms with E-state index in [4.69, 9.17) is 19.3 Å². The van der Waals surface area contributed by atoms with Gasteiger partial charge in [0.05, 0.1) is 55.0 Å². The Balaban J connectivity index is 1.35. The fraction of sp³-hybridized carbons (Fsp3) is 0.545. The zero-order chi connectivity index (χ0) is 48.1. The molecular weight excluding hydrogens is 873 g/mol. The van der Waals surface area contributed by atoms with Gasteiger partial charge in [0.1, 0.15) is 41.0 Å². The van der Waals surface area contributed by atoms with Crippen molar-refractivity contribution in [3.05, 3.63) is 51.6 Å². The molecule has 354 valence electrons. The third-order valence-electron chi connectivity index (χ3n) is 12.1. The number of hydrogen-bond acceptors (Lipinski definition) is 16. The first-order valence-corrected chi connectivity index (χ1v) is 22.5. The van der Waals surface area contributed by atoms with E-state index in [2.05, 4.69) is 21.3 Å². The molecular formula is C44H56N4O16S. The average Bonchev–Trinajstić information content (AvgIpc) is 3.26. The van der Waals surface area contributed by atoms with Crippen molar-refractivity contribution >= 4 is 58.7 Å². The number of aliphatic hydroxyl groups excluding tert-OH is 1. The van der Waals surface area contributed by atoms with Crippen LogP contribution in [0, 0.1) is 5.92 Å². The van der Waals surface area contributed by atoms with E-state index in [1.54, 1.807) is 20.1 Å². The number of Topliss-reactive ketones (excluding diaryl/α,β-unsaturated/α-hetero) is 1. The molecule has 9 atom stereocenters. The number of ether oxygens (including phenoxy) is 3. The highest BCUT2D eigenvalue weighted by Crippen LogP contribution is 2.52. The summed E-state index contributed by atoms with van der Waals surface area (Å²) in [6.07, 6.45) is -4.80. The molecule has 1 heterocycles. The van der Waals surface area contributed by atoms with Gasteiger partial charge in [0.25, 0.3) is 0 Å². The number of rotatable bonds is 19. The highest BCUT2D eigenvalue weighted by atomic mass is 32.2. The monoisotopic (exact) mass is 928 g/mol. The minimum atomic E-state index is -2.18. The summed E-state index contributed by atoms with van der Waals surface area (Å²) in [6, 6.07) is 0.978. The molecule has 0 bridgehead atoms. The van der Waals surface area contributed by atoms with Gasteiger partial charge in [0.15, 0.2) is 17.9 Å². The van der Waals surface area contributed by atoms with Crippen LogP contribution in [0.15, 0.2) is 18.2 Å². The fourth-order valence-corrected chi connectivity index (χ4v) is 8.72. The number of aromatic hydroxyl groups is 2. The van der Waals surface area contributed by atoms with Crippen molar-refractivity contribution in [3.63, 3.8) is 0 Å². The summed E-state index contributed by atoms with van der Waals surface area (Å²) in [4.78, 5) is 104. The Morgan fingerprint density at radius 2 is 1.68 bits per heavy atom. The van der Waals surface area contributed by atoms with Crippen LogP contribution < -0.4 is 26.0 Å². The van der Waals surface area contributed by atoms with Gasteiger partial charge in [-0.25, -0.2) is 0 Å². The second-order valence-corrected chi connectivity index (χ2v) is 17.5. The van der Waals surface area contributed by atoms with Crippen molar-refractivity contribution < 1.29 is 78.1 Å². The summed E-state index contributed by atoms with van der Waals surface area (Å²) >= 11 is 1.41. The molecule has 21 heteroatoms. The number of phenolic OH excluding ortho intramolecular Hbond substituents is 2. The van der Waals surface area contributed by atoms with E-state index < -0.39 is 150 Å². The lowest BCUT2D eigenvalue weighted by Crippen LogP contribution is -2.60. The molecule has 4 amide bonds. The van der Waals surface area contributed by atoms with Gasteiger partial charge in [-0.3, -0.25) is 38.4 Å². The second-order valence-electron chi connectivity index (χ2n) is 16.5. The fourth-order valence-electron chi connectivity index (χ4n) is 8.25. The molecule has 2 aliphatic carbocycles. The number of ketones is 3. The van der Waals surface area contributed by atoms with Crippen LogP contribution in [0.1, 0.15) is 115 Å². The van der Waals surface area contributed by atoms with E-state index in [1.807, 2.05) is 0 Å². The number of thioether (sulfide) groups is 1. The number of carbonyl (C=O) groups excluding carboxylic acids is 7. The smallest absolute Gasteiger partial charge is 0.303 e. The maximum atomic E-state index is 14.0. The van der Waals surface area contributed by atoms with Gasteiger partial charge >= 0.3 is 5.97 Å². The Morgan fingerprint density at radius 3 is 2.31 bits per heavy atom. The second kappa shape index (κ2) is 21.1. The molecule has 1 aliphatic heterocycles. The van der Waals surface area contributed by atoms with Crippen LogP contribution in [-0.2, 0) is 44.7 Å². The number of nitrogens with one attached hydrogen (secondary N) is 4. The van der Waals surface area contributed by atoms with Gasteiger partial charge < -0.3 is 61.0 Å². The quantitative estimate of drug-likeness (QED) is 0.0756. The van der Waals surface area contributed by atoms with E-state index >= 15 is 0 Å². The lowest BCUT2D eigenvalue weighted by Gasteiger charge is -2.43. The Labute approximate surface area is 378 Å². The number of carboxylic acid groups (broad SMARTS) is 1. The molecule has 1 fully saturated rings. The average molecular weight is 929 g/mol. The summed E-state index contributed by atoms with van der Waals surface area (Å²) in [6.45, 7) is 5.52. The van der Waals surface area contributed by atoms with Crippen LogP contribution >= 0.6 is 11.8 Å². The molecule has 0 radical (unpaired) electrons. The summed E-state index contributed by atoms with van der Waals surface area (Å²) in [5.74, 6) is -7.75. The molecule has 0 saturated carbocycles. The van der Waals surface area contributed by atoms with Gasteiger partial charge in [0, 0.05) is 42.4 Å². The predicted octanol–water partition coefficient (Wildman–Crippen LogP) is 0.936. The molecule has 3 aliphatic rings. The number of carboxylic acids is 1. The van der Waals surface area contributed by atoms with Crippen LogP contribution in [0.4, 0.5) is 0 Å². The van der Waals surface area contributed by atoms with Gasteiger partial charge in [-0.2, -0.15) is 11.8 Å². The van der Waals surface area contributed by atoms with Crippen molar-refractivity contribution in [2.75, 3.05) is 25.7 Å². The maximum absolute atomic E-state index is 14.0. The number of fused-ring (bicyclic) bond motifs is 3. The minimum absolute atomic E-state index is 0.0462. The zero-order valence-corrected chi connectivity index (χ0v) is 37.7. The number of phenols is 2. The molecule has 0 spiro atoms. The Kier molecular flexibility index (Phi) is 16.4. The van der Waals surface area contributed by atoms with E-state index in [1.165, 1.54) is 44.0 Å². The predicted molar refractivity (Wildman–Crippen MR) is 230 cm³/mol. The van der Waals surface area contributed by atoms with Crippen LogP contribution in [0.3, 0.4) is 0 Å². The summed E-state index contributed by atoms with van der Waals surface area (Å²) < 4.78 is 17.6. The largest absolute Gasteiger partial charge is 0.507 e. The Morgan fingerprint density at radius 1 is 0.985 bits per heavy atom. The van der Waals surface area contributed by atoms with Crippen LogP contribution in [-0.4, -0.2) is 140 Å². The Bertz CT molecular complexity index is 2240. The first kappa shape index (κ1) is 50.4. The normalized spacial score (nSPS) is 23.7. The molecule has 0 unspecified atom stereocenters. The molecule has 20 nitrogen and oxygen atoms in total. The van der Waals surface area contributed by atoms with Crippen molar-refractivity contribution in [1.29, 1.82) is 0 Å². The molecule has 65 heavy (non-hydrogen) atoms. The van der Waals surface area contributed by atoms with E-state index in [-0.39, 0.29) is 47.3 Å². The van der Waals surface area contributed by atoms with Crippen molar-refractivity contribution in [2.24, 2.45) is 5.92 Å². The van der Waals surface area contributed by atoms with Gasteiger partial charge in [-0.05, 0) is 44.3 Å². The molecule has 2 aromatic rings. The van der Waals surface area contributed by atoms with Gasteiger partial charge in [-0.15, -0.1) is 0 Å². The molecule has 5 rings (SSSR count). The molecule has 9 N–H and O–H groups in total. The van der Waals surface area contributed by atoms with Crippen molar-refractivity contribution in [1.82, 2.24) is 21.3 Å². The molecule has 0 aromatic heterocycles. The van der Waals surface area contributed by atoms with Crippen LogP contribution in [0.5, 0.6) is 17.2 Å². The minimum Gasteiger partial charge on any atom is -0.507 e. The number of carbonyl (C=O) groups is 8.